The highest BCUT2D eigenvalue weighted by atomic mass is 35.5. The van der Waals surface area contributed by atoms with E-state index >= 15 is 0 Å². The summed E-state index contributed by atoms with van der Waals surface area (Å²) < 4.78 is 27.9. The summed E-state index contributed by atoms with van der Waals surface area (Å²) in [5, 5.41) is -0.254. The molecule has 15 heavy (non-hydrogen) atoms. The molecule has 0 bridgehead atoms. The minimum atomic E-state index is -3.05. The lowest BCUT2D eigenvalue weighted by molar-refractivity contribution is -0.0498. The molecule has 0 aliphatic rings. The first-order chi connectivity index (χ1) is 6.91. The van der Waals surface area contributed by atoms with Gasteiger partial charge in [-0.2, -0.15) is 8.78 Å². The molecule has 1 aromatic rings. The maximum atomic E-state index is 11.9. The number of ether oxygens (including phenoxy) is 1. The third-order valence-corrected chi connectivity index (χ3v) is 2.09. The van der Waals surface area contributed by atoms with Crippen LogP contribution in [0.5, 0.6) is 5.75 Å². The summed E-state index contributed by atoms with van der Waals surface area (Å²) in [7, 11) is 0. The predicted octanol–water partition coefficient (Wildman–Crippen LogP) is 2.69. The van der Waals surface area contributed by atoms with Gasteiger partial charge in [0.15, 0.2) is 0 Å². The summed E-state index contributed by atoms with van der Waals surface area (Å²) in [5.41, 5.74) is 4.79. The number of carbonyl (C=O) groups excluding carboxylic acids is 1. The van der Waals surface area contributed by atoms with Crippen molar-refractivity contribution in [3.63, 3.8) is 0 Å². The monoisotopic (exact) mass is 255 g/mol. The van der Waals surface area contributed by atoms with Crippen LogP contribution in [0.4, 0.5) is 8.78 Å². The SMILES string of the molecule is NC(=O)c1cc(Cl)cc(OC(F)F)c1Cl. The van der Waals surface area contributed by atoms with Crippen molar-refractivity contribution in [1.29, 1.82) is 0 Å². The van der Waals surface area contributed by atoms with Crippen molar-refractivity contribution >= 4 is 29.1 Å². The highest BCUT2D eigenvalue weighted by Crippen LogP contribution is 2.32. The second-order valence-corrected chi connectivity index (χ2v) is 3.32. The zero-order valence-corrected chi connectivity index (χ0v) is 8.65. The molecular formula is C8H5Cl2F2NO2. The summed E-state index contributed by atoms with van der Waals surface area (Å²) in [4.78, 5) is 10.8. The third kappa shape index (κ3) is 2.94. The van der Waals surface area contributed by atoms with Crippen LogP contribution in [0, 0.1) is 0 Å². The molecule has 0 spiro atoms. The molecule has 2 N–H and O–H groups in total. The number of halogens is 4. The first-order valence-corrected chi connectivity index (χ1v) is 4.41. The molecule has 1 rings (SSSR count). The summed E-state index contributed by atoms with van der Waals surface area (Å²) in [6.45, 7) is -3.05. The smallest absolute Gasteiger partial charge is 0.387 e. The molecule has 82 valence electrons. The van der Waals surface area contributed by atoms with Gasteiger partial charge in [-0.25, -0.2) is 0 Å². The van der Waals surface area contributed by atoms with Crippen LogP contribution in [0.3, 0.4) is 0 Å². The van der Waals surface area contributed by atoms with Gasteiger partial charge in [-0.3, -0.25) is 4.79 Å². The lowest BCUT2D eigenvalue weighted by Gasteiger charge is -2.09. The fraction of sp³-hybridized carbons (Fsp3) is 0.125. The van der Waals surface area contributed by atoms with Crippen LogP contribution in [0.25, 0.3) is 0 Å². The van der Waals surface area contributed by atoms with Crippen molar-refractivity contribution in [3.05, 3.63) is 27.7 Å². The number of alkyl halides is 2. The van der Waals surface area contributed by atoms with Gasteiger partial charge < -0.3 is 10.5 Å². The van der Waals surface area contributed by atoms with E-state index in [4.69, 9.17) is 28.9 Å². The minimum absolute atomic E-state index is 0.0313. The molecule has 0 aliphatic heterocycles. The number of nitrogens with two attached hydrogens (primary N) is 1. The van der Waals surface area contributed by atoms with E-state index in [9.17, 15) is 13.6 Å². The molecule has 0 saturated carbocycles. The summed E-state index contributed by atoms with van der Waals surface area (Å²) >= 11 is 11.2. The van der Waals surface area contributed by atoms with Gasteiger partial charge in [-0.05, 0) is 6.07 Å². The molecule has 7 heteroatoms. The Bertz CT molecular complexity index is 398. The predicted molar refractivity (Wildman–Crippen MR) is 51.6 cm³/mol. The Morgan fingerprint density at radius 2 is 2.00 bits per heavy atom. The normalized spacial score (nSPS) is 10.5. The average Bonchev–Trinajstić information content (AvgIpc) is 2.09. The topological polar surface area (TPSA) is 52.3 Å². The molecule has 1 aromatic carbocycles. The van der Waals surface area contributed by atoms with Gasteiger partial charge in [0.1, 0.15) is 5.75 Å². The quantitative estimate of drug-likeness (QED) is 0.903. The van der Waals surface area contributed by atoms with Crippen LogP contribution >= 0.6 is 23.2 Å². The molecule has 0 fully saturated rings. The lowest BCUT2D eigenvalue weighted by Crippen LogP contribution is -2.13. The maximum Gasteiger partial charge on any atom is 0.387 e. The fourth-order valence-electron chi connectivity index (χ4n) is 0.925. The van der Waals surface area contributed by atoms with Crippen LogP contribution in [0.2, 0.25) is 10.0 Å². The maximum absolute atomic E-state index is 11.9. The standard InChI is InChI=1S/C8H5Cl2F2NO2/c9-3-1-4(7(13)14)6(10)5(2-3)15-8(11)12/h1-2,8H,(H2,13,14). The average molecular weight is 256 g/mol. The van der Waals surface area contributed by atoms with Crippen molar-refractivity contribution in [2.24, 2.45) is 5.73 Å². The van der Waals surface area contributed by atoms with Crippen molar-refractivity contribution in [1.82, 2.24) is 0 Å². The molecule has 3 nitrogen and oxygen atoms in total. The molecule has 0 radical (unpaired) electrons. The second-order valence-electron chi connectivity index (χ2n) is 2.51. The Morgan fingerprint density at radius 1 is 1.40 bits per heavy atom. The van der Waals surface area contributed by atoms with E-state index in [-0.39, 0.29) is 21.4 Å². The Balaban J connectivity index is 3.22. The largest absolute Gasteiger partial charge is 0.433 e. The number of hydrogen-bond donors (Lipinski definition) is 1. The highest BCUT2D eigenvalue weighted by Gasteiger charge is 2.16. The Hall–Kier alpha value is -1.07. The van der Waals surface area contributed by atoms with Gasteiger partial charge in [-0.1, -0.05) is 23.2 Å². The van der Waals surface area contributed by atoms with Crippen molar-refractivity contribution in [2.75, 3.05) is 0 Å². The van der Waals surface area contributed by atoms with Gasteiger partial charge in [0.05, 0.1) is 10.6 Å². The van der Waals surface area contributed by atoms with E-state index < -0.39 is 12.5 Å². The lowest BCUT2D eigenvalue weighted by atomic mass is 10.2. The first kappa shape index (κ1) is 12.0. The van der Waals surface area contributed by atoms with E-state index in [1.807, 2.05) is 0 Å². The van der Waals surface area contributed by atoms with Crippen LogP contribution < -0.4 is 10.5 Å². The number of rotatable bonds is 3. The van der Waals surface area contributed by atoms with Gasteiger partial charge in [0.2, 0.25) is 5.91 Å². The molecule has 0 atom stereocenters. The Morgan fingerprint density at radius 3 is 2.47 bits per heavy atom. The van der Waals surface area contributed by atoms with Gasteiger partial charge in [-0.15, -0.1) is 0 Å². The van der Waals surface area contributed by atoms with Crippen molar-refractivity contribution in [2.45, 2.75) is 6.61 Å². The van der Waals surface area contributed by atoms with E-state index in [0.717, 1.165) is 6.07 Å². The fourth-order valence-corrected chi connectivity index (χ4v) is 1.38. The molecule has 0 heterocycles. The van der Waals surface area contributed by atoms with E-state index in [2.05, 4.69) is 4.74 Å². The minimum Gasteiger partial charge on any atom is -0.433 e. The number of benzene rings is 1. The zero-order chi connectivity index (χ0) is 11.6. The van der Waals surface area contributed by atoms with Crippen LogP contribution in [-0.2, 0) is 0 Å². The van der Waals surface area contributed by atoms with Gasteiger partial charge in [0.25, 0.3) is 0 Å². The van der Waals surface area contributed by atoms with Crippen LogP contribution in [0.15, 0.2) is 12.1 Å². The highest BCUT2D eigenvalue weighted by molar-refractivity contribution is 6.37. The number of amides is 1. The van der Waals surface area contributed by atoms with Crippen molar-refractivity contribution < 1.29 is 18.3 Å². The molecule has 0 aromatic heterocycles. The first-order valence-electron chi connectivity index (χ1n) is 3.65. The van der Waals surface area contributed by atoms with E-state index in [1.54, 1.807) is 0 Å². The molecular weight excluding hydrogens is 251 g/mol. The van der Waals surface area contributed by atoms with Crippen molar-refractivity contribution in [3.8, 4) is 5.75 Å². The molecule has 0 aliphatic carbocycles. The van der Waals surface area contributed by atoms with Gasteiger partial charge in [0, 0.05) is 11.1 Å². The van der Waals surface area contributed by atoms with Crippen LogP contribution in [0.1, 0.15) is 10.4 Å². The summed E-state index contributed by atoms with van der Waals surface area (Å²) in [6.07, 6.45) is 0. The summed E-state index contributed by atoms with van der Waals surface area (Å²) in [6, 6.07) is 2.24. The number of primary amides is 1. The third-order valence-electron chi connectivity index (χ3n) is 1.49. The molecule has 1 amide bonds. The van der Waals surface area contributed by atoms with Crippen LogP contribution in [-0.4, -0.2) is 12.5 Å². The zero-order valence-electron chi connectivity index (χ0n) is 7.14. The molecule has 0 saturated heterocycles. The Kier molecular flexibility index (Phi) is 3.71. The molecule has 0 unspecified atom stereocenters. The van der Waals surface area contributed by atoms with Gasteiger partial charge >= 0.3 is 6.61 Å². The number of carbonyl (C=O) groups is 1. The summed E-state index contributed by atoms with van der Waals surface area (Å²) in [5.74, 6) is -1.26. The Labute approximate surface area is 93.7 Å². The van der Waals surface area contributed by atoms with E-state index in [1.165, 1.54) is 6.07 Å². The second kappa shape index (κ2) is 4.63. The van der Waals surface area contributed by atoms with E-state index in [0.29, 0.717) is 0 Å². The number of hydrogen-bond acceptors (Lipinski definition) is 2.